The number of carbonyl (C=O) groups excluding carboxylic acids is 2. The van der Waals surface area contributed by atoms with E-state index in [2.05, 4.69) is 5.32 Å². The second-order valence-electron chi connectivity index (χ2n) is 8.17. The molecule has 0 radical (unpaired) electrons. The first-order valence-electron chi connectivity index (χ1n) is 11.4. The average molecular weight is 490 g/mol. The lowest BCUT2D eigenvalue weighted by Gasteiger charge is -2.33. The summed E-state index contributed by atoms with van der Waals surface area (Å²) in [4.78, 5) is 28.0. The van der Waals surface area contributed by atoms with Crippen molar-refractivity contribution >= 4 is 27.5 Å². The van der Waals surface area contributed by atoms with Gasteiger partial charge >= 0.3 is 0 Å². The molecule has 0 heterocycles. The van der Waals surface area contributed by atoms with Crippen molar-refractivity contribution in [2.45, 2.75) is 46.2 Å². The third-order valence-electron chi connectivity index (χ3n) is 5.40. The summed E-state index contributed by atoms with van der Waals surface area (Å²) in [6.07, 6.45) is 2.20. The van der Waals surface area contributed by atoms with Gasteiger partial charge in [-0.25, -0.2) is 8.42 Å². The number of methoxy groups -OCH3 is 1. The predicted octanol–water partition coefficient (Wildman–Crippen LogP) is 3.10. The van der Waals surface area contributed by atoms with Gasteiger partial charge < -0.3 is 15.0 Å². The van der Waals surface area contributed by atoms with Crippen molar-refractivity contribution in [3.8, 4) is 5.75 Å². The van der Waals surface area contributed by atoms with Gasteiger partial charge in [0.1, 0.15) is 18.3 Å². The highest BCUT2D eigenvalue weighted by atomic mass is 32.2. The Morgan fingerprint density at radius 2 is 1.79 bits per heavy atom. The Morgan fingerprint density at radius 3 is 2.38 bits per heavy atom. The summed E-state index contributed by atoms with van der Waals surface area (Å²) in [7, 11) is -2.38. The predicted molar refractivity (Wildman–Crippen MR) is 134 cm³/mol. The molecule has 8 nitrogen and oxygen atoms in total. The van der Waals surface area contributed by atoms with Gasteiger partial charge in [-0.3, -0.25) is 13.9 Å². The summed E-state index contributed by atoms with van der Waals surface area (Å²) in [6.45, 7) is 5.96. The van der Waals surface area contributed by atoms with Crippen molar-refractivity contribution in [1.29, 1.82) is 0 Å². The number of ether oxygens (including phenoxy) is 1. The molecule has 0 aliphatic rings. The molecule has 0 saturated carbocycles. The molecule has 186 valence electrons. The van der Waals surface area contributed by atoms with Gasteiger partial charge in [0.25, 0.3) is 0 Å². The van der Waals surface area contributed by atoms with E-state index in [-0.39, 0.29) is 18.1 Å². The van der Waals surface area contributed by atoms with Crippen molar-refractivity contribution in [2.75, 3.05) is 30.8 Å². The van der Waals surface area contributed by atoms with Crippen LogP contribution in [0.2, 0.25) is 0 Å². The van der Waals surface area contributed by atoms with Crippen LogP contribution in [-0.2, 0) is 26.2 Å². The van der Waals surface area contributed by atoms with E-state index in [4.69, 9.17) is 4.74 Å². The SMILES string of the molecule is CCCNC(=O)C(CC)N(Cc1cccc(C)c1)C(=O)CN(c1ccccc1OC)S(C)(=O)=O. The molecule has 0 aliphatic heterocycles. The quantitative estimate of drug-likeness (QED) is 0.494. The molecule has 0 aromatic heterocycles. The Balaban J connectivity index is 2.46. The molecule has 0 aliphatic carbocycles. The van der Waals surface area contributed by atoms with Crippen LogP contribution in [0.1, 0.15) is 37.8 Å². The first kappa shape index (κ1) is 27.2. The van der Waals surface area contributed by atoms with Crippen LogP contribution in [0.4, 0.5) is 5.69 Å². The minimum Gasteiger partial charge on any atom is -0.495 e. The Bertz CT molecular complexity index is 1090. The molecule has 0 spiro atoms. The van der Waals surface area contributed by atoms with Gasteiger partial charge in [-0.2, -0.15) is 0 Å². The van der Waals surface area contributed by atoms with Crippen molar-refractivity contribution in [1.82, 2.24) is 10.2 Å². The molecular weight excluding hydrogens is 454 g/mol. The van der Waals surface area contributed by atoms with E-state index in [0.29, 0.717) is 18.7 Å². The van der Waals surface area contributed by atoms with Crippen LogP contribution >= 0.6 is 0 Å². The monoisotopic (exact) mass is 489 g/mol. The molecule has 1 unspecified atom stereocenters. The number of nitrogens with zero attached hydrogens (tertiary/aromatic N) is 2. The van der Waals surface area contributed by atoms with Gasteiger partial charge in [0, 0.05) is 13.1 Å². The Kier molecular flexibility index (Phi) is 9.92. The third kappa shape index (κ3) is 7.21. The number of nitrogens with one attached hydrogen (secondary N) is 1. The standard InChI is InChI=1S/C25H35N3O5S/c1-6-15-26-25(30)21(7-2)27(17-20-12-10-11-19(3)16-20)24(29)18-28(34(5,31)32)22-13-8-9-14-23(22)33-4/h8-14,16,21H,6-7,15,17-18H2,1-5H3,(H,26,30). The maximum Gasteiger partial charge on any atom is 0.244 e. The first-order chi connectivity index (χ1) is 16.1. The summed E-state index contributed by atoms with van der Waals surface area (Å²) in [5, 5.41) is 2.86. The van der Waals surface area contributed by atoms with Crippen LogP contribution in [0.15, 0.2) is 48.5 Å². The highest BCUT2D eigenvalue weighted by Gasteiger charge is 2.32. The number of aryl methyl sites for hydroxylation is 1. The summed E-state index contributed by atoms with van der Waals surface area (Å²) in [6, 6.07) is 13.6. The highest BCUT2D eigenvalue weighted by Crippen LogP contribution is 2.29. The lowest BCUT2D eigenvalue weighted by atomic mass is 10.1. The first-order valence-corrected chi connectivity index (χ1v) is 13.2. The number of sulfonamides is 1. The molecule has 0 bridgehead atoms. The number of para-hydroxylation sites is 2. The minimum atomic E-state index is -3.82. The van der Waals surface area contributed by atoms with Crippen LogP contribution in [0, 0.1) is 6.92 Å². The Morgan fingerprint density at radius 1 is 1.09 bits per heavy atom. The average Bonchev–Trinajstić information content (AvgIpc) is 2.80. The lowest BCUT2D eigenvalue weighted by Crippen LogP contribution is -2.52. The highest BCUT2D eigenvalue weighted by molar-refractivity contribution is 7.92. The fourth-order valence-electron chi connectivity index (χ4n) is 3.72. The van der Waals surface area contributed by atoms with E-state index < -0.39 is 28.5 Å². The van der Waals surface area contributed by atoms with Gasteiger partial charge in [0.05, 0.1) is 19.1 Å². The molecular formula is C25H35N3O5S. The molecule has 2 rings (SSSR count). The molecule has 0 fully saturated rings. The molecule has 2 aromatic carbocycles. The summed E-state index contributed by atoms with van der Waals surface area (Å²) in [5.74, 6) is -0.399. The van der Waals surface area contributed by atoms with E-state index in [1.165, 1.54) is 12.0 Å². The van der Waals surface area contributed by atoms with Crippen molar-refractivity contribution in [3.05, 3.63) is 59.7 Å². The number of hydrogen-bond acceptors (Lipinski definition) is 5. The summed E-state index contributed by atoms with van der Waals surface area (Å²) >= 11 is 0. The number of benzene rings is 2. The molecule has 1 N–H and O–H groups in total. The number of hydrogen-bond donors (Lipinski definition) is 1. The normalized spacial score (nSPS) is 12.0. The minimum absolute atomic E-state index is 0.183. The molecule has 2 aromatic rings. The van der Waals surface area contributed by atoms with Gasteiger partial charge in [-0.1, -0.05) is 55.8 Å². The van der Waals surface area contributed by atoms with E-state index in [1.54, 1.807) is 24.3 Å². The fourth-order valence-corrected chi connectivity index (χ4v) is 4.58. The van der Waals surface area contributed by atoms with Crippen LogP contribution in [-0.4, -0.2) is 57.6 Å². The molecule has 34 heavy (non-hydrogen) atoms. The second-order valence-corrected chi connectivity index (χ2v) is 10.1. The second kappa shape index (κ2) is 12.4. The van der Waals surface area contributed by atoms with Gasteiger partial charge in [0.15, 0.2) is 0 Å². The van der Waals surface area contributed by atoms with E-state index in [1.807, 2.05) is 45.0 Å². The van der Waals surface area contributed by atoms with Gasteiger partial charge in [0.2, 0.25) is 21.8 Å². The molecule has 9 heteroatoms. The smallest absolute Gasteiger partial charge is 0.244 e. The molecule has 0 saturated heterocycles. The zero-order chi connectivity index (χ0) is 25.3. The van der Waals surface area contributed by atoms with Crippen LogP contribution in [0.5, 0.6) is 5.75 Å². The maximum atomic E-state index is 13.6. The summed E-state index contributed by atoms with van der Waals surface area (Å²) < 4.78 is 31.7. The Labute approximate surface area is 202 Å². The third-order valence-corrected chi connectivity index (χ3v) is 6.53. The largest absolute Gasteiger partial charge is 0.495 e. The van der Waals surface area contributed by atoms with Crippen molar-refractivity contribution in [3.63, 3.8) is 0 Å². The lowest BCUT2D eigenvalue weighted by molar-refractivity contribution is -0.140. The number of amides is 2. The van der Waals surface area contributed by atoms with Crippen LogP contribution < -0.4 is 14.4 Å². The number of rotatable bonds is 12. The maximum absolute atomic E-state index is 13.6. The van der Waals surface area contributed by atoms with Crippen molar-refractivity contribution in [2.24, 2.45) is 0 Å². The number of carbonyl (C=O) groups is 2. The zero-order valence-electron chi connectivity index (χ0n) is 20.6. The fraction of sp³-hybridized carbons (Fsp3) is 0.440. The Hall–Kier alpha value is -3.07. The summed E-state index contributed by atoms with van der Waals surface area (Å²) in [5.41, 5.74) is 2.15. The topological polar surface area (TPSA) is 96.0 Å². The van der Waals surface area contributed by atoms with E-state index in [0.717, 1.165) is 28.1 Å². The van der Waals surface area contributed by atoms with E-state index >= 15 is 0 Å². The molecule has 2 amide bonds. The van der Waals surface area contributed by atoms with Gasteiger partial charge in [-0.15, -0.1) is 0 Å². The van der Waals surface area contributed by atoms with Crippen molar-refractivity contribution < 1.29 is 22.7 Å². The van der Waals surface area contributed by atoms with Gasteiger partial charge in [-0.05, 0) is 37.5 Å². The number of anilines is 1. The van der Waals surface area contributed by atoms with E-state index in [9.17, 15) is 18.0 Å². The van der Waals surface area contributed by atoms with Crippen LogP contribution in [0.25, 0.3) is 0 Å². The molecule has 1 atom stereocenters. The zero-order valence-corrected chi connectivity index (χ0v) is 21.4. The van der Waals surface area contributed by atoms with Crippen LogP contribution in [0.3, 0.4) is 0 Å².